The third-order valence-electron chi connectivity index (χ3n) is 2.61. The second-order valence-electron chi connectivity index (χ2n) is 4.00. The van der Waals surface area contributed by atoms with Crippen LogP contribution in [0.2, 0.25) is 0 Å². The molecule has 1 aromatic heterocycles. The van der Waals surface area contributed by atoms with Gasteiger partial charge in [0.25, 0.3) is 0 Å². The van der Waals surface area contributed by atoms with Gasteiger partial charge in [-0.05, 0) is 19.1 Å². The summed E-state index contributed by atoms with van der Waals surface area (Å²) in [6, 6.07) is 10.1. The highest BCUT2D eigenvalue weighted by Crippen LogP contribution is 2.07. The van der Waals surface area contributed by atoms with Crippen molar-refractivity contribution in [2.75, 3.05) is 19.8 Å². The van der Waals surface area contributed by atoms with Crippen molar-refractivity contribution >= 4 is 0 Å². The molecule has 0 spiro atoms. The van der Waals surface area contributed by atoms with Crippen molar-refractivity contribution < 1.29 is 4.74 Å². The van der Waals surface area contributed by atoms with Gasteiger partial charge in [-0.2, -0.15) is 5.10 Å². The topological polar surface area (TPSA) is 39.1 Å². The Labute approximate surface area is 108 Å². The van der Waals surface area contributed by atoms with E-state index in [1.165, 1.54) is 5.56 Å². The molecular weight excluding hydrogens is 226 g/mol. The summed E-state index contributed by atoms with van der Waals surface area (Å²) < 4.78 is 7.15. The molecule has 0 fully saturated rings. The summed E-state index contributed by atoms with van der Waals surface area (Å²) in [6.45, 7) is 5.21. The molecule has 0 aliphatic rings. The number of benzene rings is 1. The van der Waals surface area contributed by atoms with Gasteiger partial charge < -0.3 is 10.1 Å². The van der Waals surface area contributed by atoms with Gasteiger partial charge in [-0.15, -0.1) is 0 Å². The minimum absolute atomic E-state index is 0.753. The van der Waals surface area contributed by atoms with Crippen LogP contribution < -0.4 is 5.32 Å². The van der Waals surface area contributed by atoms with Crippen LogP contribution in [0.25, 0.3) is 5.69 Å². The molecule has 0 saturated heterocycles. The van der Waals surface area contributed by atoms with Crippen molar-refractivity contribution in [1.29, 1.82) is 0 Å². The fourth-order valence-corrected chi connectivity index (χ4v) is 1.69. The van der Waals surface area contributed by atoms with Crippen LogP contribution in [0, 0.1) is 0 Å². The molecule has 1 heterocycles. The van der Waals surface area contributed by atoms with E-state index in [2.05, 4.69) is 10.4 Å². The zero-order valence-electron chi connectivity index (χ0n) is 10.7. The van der Waals surface area contributed by atoms with E-state index >= 15 is 0 Å². The number of ether oxygens (including phenoxy) is 1. The molecule has 4 heteroatoms. The third kappa shape index (κ3) is 3.68. The predicted molar refractivity (Wildman–Crippen MR) is 71.8 cm³/mol. The first-order chi connectivity index (χ1) is 8.90. The van der Waals surface area contributed by atoms with E-state index in [0.717, 1.165) is 32.0 Å². The van der Waals surface area contributed by atoms with Crippen molar-refractivity contribution in [3.8, 4) is 5.69 Å². The van der Waals surface area contributed by atoms with Gasteiger partial charge in [-0.25, -0.2) is 4.68 Å². The number of hydrogen-bond donors (Lipinski definition) is 1. The van der Waals surface area contributed by atoms with Gasteiger partial charge in [-0.3, -0.25) is 0 Å². The van der Waals surface area contributed by atoms with Crippen molar-refractivity contribution in [3.05, 3.63) is 48.3 Å². The largest absolute Gasteiger partial charge is 0.380 e. The number of rotatable bonds is 7. The lowest BCUT2D eigenvalue weighted by molar-refractivity contribution is 0.149. The number of hydrogen-bond acceptors (Lipinski definition) is 3. The molecule has 0 amide bonds. The first-order valence-corrected chi connectivity index (χ1v) is 6.27. The van der Waals surface area contributed by atoms with Crippen LogP contribution in [-0.2, 0) is 11.3 Å². The normalized spacial score (nSPS) is 10.7. The van der Waals surface area contributed by atoms with Crippen LogP contribution in [0.15, 0.2) is 42.7 Å². The lowest BCUT2D eigenvalue weighted by atomic mass is 10.3. The summed E-state index contributed by atoms with van der Waals surface area (Å²) in [5.74, 6) is 0. The van der Waals surface area contributed by atoms with Gasteiger partial charge in [0.2, 0.25) is 0 Å². The summed E-state index contributed by atoms with van der Waals surface area (Å²) in [6.07, 6.45) is 3.93. The molecule has 0 aliphatic heterocycles. The molecule has 0 atom stereocenters. The van der Waals surface area contributed by atoms with Crippen LogP contribution >= 0.6 is 0 Å². The second-order valence-corrected chi connectivity index (χ2v) is 4.00. The number of nitrogens with one attached hydrogen (secondary N) is 1. The van der Waals surface area contributed by atoms with Crippen molar-refractivity contribution in [1.82, 2.24) is 15.1 Å². The number of aromatic nitrogens is 2. The predicted octanol–water partition coefficient (Wildman–Crippen LogP) is 2.00. The monoisotopic (exact) mass is 245 g/mol. The number of para-hydroxylation sites is 1. The first kappa shape index (κ1) is 12.8. The molecule has 1 aromatic carbocycles. The molecule has 0 radical (unpaired) electrons. The Bertz CT molecular complexity index is 453. The second kappa shape index (κ2) is 6.93. The standard InChI is InChI=1S/C14H19N3O/c1-2-18-9-8-15-10-13-11-16-17(12-13)14-6-4-3-5-7-14/h3-7,11-12,15H,2,8-10H2,1H3. The van der Waals surface area contributed by atoms with Gasteiger partial charge in [-0.1, -0.05) is 18.2 Å². The summed E-state index contributed by atoms with van der Waals surface area (Å²) in [4.78, 5) is 0. The molecule has 1 N–H and O–H groups in total. The van der Waals surface area contributed by atoms with Crippen LogP contribution in [0.3, 0.4) is 0 Å². The average molecular weight is 245 g/mol. The van der Waals surface area contributed by atoms with E-state index in [-0.39, 0.29) is 0 Å². The van der Waals surface area contributed by atoms with Crippen LogP contribution in [0.5, 0.6) is 0 Å². The van der Waals surface area contributed by atoms with E-state index in [4.69, 9.17) is 4.74 Å². The Balaban J connectivity index is 1.83. The zero-order valence-corrected chi connectivity index (χ0v) is 10.7. The summed E-state index contributed by atoms with van der Waals surface area (Å²) in [5.41, 5.74) is 2.26. The third-order valence-corrected chi connectivity index (χ3v) is 2.61. The number of nitrogens with zero attached hydrogens (tertiary/aromatic N) is 2. The van der Waals surface area contributed by atoms with Crippen molar-refractivity contribution in [2.24, 2.45) is 0 Å². The molecule has 4 nitrogen and oxygen atoms in total. The molecular formula is C14H19N3O. The molecule has 2 aromatic rings. The fourth-order valence-electron chi connectivity index (χ4n) is 1.69. The summed E-state index contributed by atoms with van der Waals surface area (Å²) in [7, 11) is 0. The Morgan fingerprint density at radius 1 is 1.28 bits per heavy atom. The van der Waals surface area contributed by atoms with Crippen LogP contribution in [-0.4, -0.2) is 29.5 Å². The van der Waals surface area contributed by atoms with Crippen molar-refractivity contribution in [3.63, 3.8) is 0 Å². The zero-order chi connectivity index (χ0) is 12.6. The summed E-state index contributed by atoms with van der Waals surface area (Å²) in [5, 5.41) is 7.67. The molecule has 0 bridgehead atoms. The Hall–Kier alpha value is -1.65. The van der Waals surface area contributed by atoms with Gasteiger partial charge >= 0.3 is 0 Å². The van der Waals surface area contributed by atoms with Gasteiger partial charge in [0.05, 0.1) is 18.5 Å². The van der Waals surface area contributed by atoms with E-state index in [9.17, 15) is 0 Å². The van der Waals surface area contributed by atoms with Gasteiger partial charge in [0, 0.05) is 31.5 Å². The van der Waals surface area contributed by atoms with Crippen LogP contribution in [0.1, 0.15) is 12.5 Å². The maximum absolute atomic E-state index is 5.26. The molecule has 2 rings (SSSR count). The lowest BCUT2D eigenvalue weighted by Gasteiger charge is -2.02. The van der Waals surface area contributed by atoms with Gasteiger partial charge in [0.1, 0.15) is 0 Å². The Kier molecular flexibility index (Phi) is 4.93. The van der Waals surface area contributed by atoms with E-state index in [0.29, 0.717) is 0 Å². The molecule has 0 saturated carbocycles. The SMILES string of the molecule is CCOCCNCc1cnn(-c2ccccc2)c1. The maximum Gasteiger partial charge on any atom is 0.0645 e. The highest BCUT2D eigenvalue weighted by molar-refractivity contribution is 5.30. The molecule has 96 valence electrons. The first-order valence-electron chi connectivity index (χ1n) is 6.27. The average Bonchev–Trinajstić information content (AvgIpc) is 2.88. The quantitative estimate of drug-likeness (QED) is 0.758. The highest BCUT2D eigenvalue weighted by Gasteiger charge is 1.99. The van der Waals surface area contributed by atoms with Crippen LogP contribution in [0.4, 0.5) is 0 Å². The molecule has 18 heavy (non-hydrogen) atoms. The maximum atomic E-state index is 5.26. The minimum atomic E-state index is 0.753. The van der Waals surface area contributed by atoms with Crippen molar-refractivity contribution in [2.45, 2.75) is 13.5 Å². The summed E-state index contributed by atoms with van der Waals surface area (Å²) >= 11 is 0. The Morgan fingerprint density at radius 2 is 2.11 bits per heavy atom. The fraction of sp³-hybridized carbons (Fsp3) is 0.357. The molecule has 0 unspecified atom stereocenters. The van der Waals surface area contributed by atoms with Gasteiger partial charge in [0.15, 0.2) is 0 Å². The molecule has 0 aliphatic carbocycles. The smallest absolute Gasteiger partial charge is 0.0645 e. The lowest BCUT2D eigenvalue weighted by Crippen LogP contribution is -2.18. The minimum Gasteiger partial charge on any atom is -0.380 e. The highest BCUT2D eigenvalue weighted by atomic mass is 16.5. The van der Waals surface area contributed by atoms with E-state index in [1.54, 1.807) is 0 Å². The van der Waals surface area contributed by atoms with E-state index in [1.807, 2.05) is 54.3 Å². The Morgan fingerprint density at radius 3 is 2.89 bits per heavy atom. The van der Waals surface area contributed by atoms with E-state index < -0.39 is 0 Å².